The van der Waals surface area contributed by atoms with Gasteiger partial charge in [-0.3, -0.25) is 9.78 Å². The van der Waals surface area contributed by atoms with E-state index in [1.807, 2.05) is 0 Å². The Morgan fingerprint density at radius 1 is 1.00 bits per heavy atom. The fourth-order valence-electron chi connectivity index (χ4n) is 3.68. The molecule has 7 heteroatoms. The summed E-state index contributed by atoms with van der Waals surface area (Å²) in [5.74, 6) is -4.25. The van der Waals surface area contributed by atoms with Gasteiger partial charge < -0.3 is 5.32 Å². The molecule has 1 N–H and O–H groups in total. The van der Waals surface area contributed by atoms with Crippen molar-refractivity contribution in [2.24, 2.45) is 0 Å². The van der Waals surface area contributed by atoms with Crippen molar-refractivity contribution in [2.45, 2.75) is 56.4 Å². The van der Waals surface area contributed by atoms with Crippen molar-refractivity contribution < 1.29 is 22.4 Å². The summed E-state index contributed by atoms with van der Waals surface area (Å²) in [6, 6.07) is 4.50. The largest absolute Gasteiger partial charge is 0.349 e. The van der Waals surface area contributed by atoms with E-state index in [1.165, 1.54) is 18.3 Å². The third-order valence-corrected chi connectivity index (χ3v) is 5.37. The Morgan fingerprint density at radius 2 is 1.64 bits per heavy atom. The first kappa shape index (κ1) is 18.9. The second-order valence-corrected chi connectivity index (χ2v) is 7.69. The maximum atomic E-state index is 13.7. The summed E-state index contributed by atoms with van der Waals surface area (Å²) in [4.78, 5) is 17.0. The first-order chi connectivity index (χ1) is 13.3. The second kappa shape index (κ2) is 7.18. The normalized spacial score (nSPS) is 19.4. The van der Waals surface area contributed by atoms with E-state index in [2.05, 4.69) is 10.3 Å². The van der Waals surface area contributed by atoms with Crippen LogP contribution >= 0.6 is 0 Å². The van der Waals surface area contributed by atoms with Crippen LogP contribution in [0.15, 0.2) is 30.5 Å². The summed E-state index contributed by atoms with van der Waals surface area (Å²) >= 11 is 0. The number of aromatic nitrogens is 1. The SMILES string of the molecule is O=C(NC1CCC(F)(F)CC1)c1cnc(C2CC2)c(-c2cc(F)cc(F)c2)c1. The van der Waals surface area contributed by atoms with Gasteiger partial charge in [0.05, 0.1) is 11.3 Å². The van der Waals surface area contributed by atoms with Crippen LogP contribution in [0.3, 0.4) is 0 Å². The number of hydrogen-bond donors (Lipinski definition) is 1. The zero-order chi connectivity index (χ0) is 19.9. The monoisotopic (exact) mass is 392 g/mol. The van der Waals surface area contributed by atoms with Crippen LogP contribution in [0, 0.1) is 11.6 Å². The molecule has 2 aliphatic carbocycles. The number of carbonyl (C=O) groups excluding carboxylic acids is 1. The molecule has 0 saturated heterocycles. The molecule has 3 nitrogen and oxygen atoms in total. The number of nitrogens with zero attached hydrogens (tertiary/aromatic N) is 1. The standard InChI is InChI=1S/C21H20F4N2O/c22-15-7-13(8-16(23)10-15)18-9-14(11-26-19(18)12-1-2-12)20(28)27-17-3-5-21(24,25)6-4-17/h7-12,17H,1-6H2,(H,27,28). The Kier molecular flexibility index (Phi) is 4.85. The summed E-state index contributed by atoms with van der Waals surface area (Å²) in [6.45, 7) is 0. The molecule has 0 atom stereocenters. The minimum Gasteiger partial charge on any atom is -0.349 e. The summed E-state index contributed by atoms with van der Waals surface area (Å²) in [5, 5.41) is 2.78. The van der Waals surface area contributed by atoms with Crippen LogP contribution in [0.2, 0.25) is 0 Å². The van der Waals surface area contributed by atoms with Gasteiger partial charge >= 0.3 is 0 Å². The minimum atomic E-state index is -2.66. The smallest absolute Gasteiger partial charge is 0.253 e. The molecule has 0 bridgehead atoms. The average Bonchev–Trinajstić information content (AvgIpc) is 3.47. The molecule has 1 heterocycles. The van der Waals surface area contributed by atoms with Crippen LogP contribution in [0.4, 0.5) is 17.6 Å². The number of carbonyl (C=O) groups is 1. The van der Waals surface area contributed by atoms with Gasteiger partial charge in [0, 0.05) is 42.6 Å². The number of pyridine rings is 1. The van der Waals surface area contributed by atoms with Gasteiger partial charge in [-0.1, -0.05) is 0 Å². The van der Waals surface area contributed by atoms with Crippen molar-refractivity contribution in [1.29, 1.82) is 0 Å². The molecule has 0 spiro atoms. The number of benzene rings is 1. The van der Waals surface area contributed by atoms with Crippen molar-refractivity contribution in [2.75, 3.05) is 0 Å². The van der Waals surface area contributed by atoms with E-state index in [4.69, 9.17) is 0 Å². The van der Waals surface area contributed by atoms with Gasteiger partial charge in [-0.05, 0) is 49.4 Å². The fourth-order valence-corrected chi connectivity index (χ4v) is 3.68. The van der Waals surface area contributed by atoms with E-state index in [-0.39, 0.29) is 43.2 Å². The Morgan fingerprint density at radius 3 is 2.25 bits per heavy atom. The quantitative estimate of drug-likeness (QED) is 0.726. The lowest BCUT2D eigenvalue weighted by atomic mass is 9.92. The Bertz CT molecular complexity index is 881. The van der Waals surface area contributed by atoms with Crippen LogP contribution in [-0.2, 0) is 0 Å². The van der Waals surface area contributed by atoms with Crippen LogP contribution in [0.5, 0.6) is 0 Å². The first-order valence-corrected chi connectivity index (χ1v) is 9.46. The topological polar surface area (TPSA) is 42.0 Å². The molecule has 148 valence electrons. The van der Waals surface area contributed by atoms with Gasteiger partial charge in [-0.2, -0.15) is 0 Å². The molecule has 0 unspecified atom stereocenters. The summed E-state index contributed by atoms with van der Waals surface area (Å²) in [6.07, 6.45) is 3.27. The highest BCUT2D eigenvalue weighted by atomic mass is 19.3. The van der Waals surface area contributed by atoms with Crippen LogP contribution in [-0.4, -0.2) is 22.9 Å². The zero-order valence-corrected chi connectivity index (χ0v) is 15.2. The van der Waals surface area contributed by atoms with Crippen molar-refractivity contribution >= 4 is 5.91 Å². The molecule has 1 aromatic heterocycles. The van der Waals surface area contributed by atoms with Gasteiger partial charge in [-0.15, -0.1) is 0 Å². The third-order valence-electron chi connectivity index (χ3n) is 5.37. The maximum absolute atomic E-state index is 13.7. The van der Waals surface area contributed by atoms with Crippen LogP contribution in [0.1, 0.15) is 60.5 Å². The van der Waals surface area contributed by atoms with E-state index in [1.54, 1.807) is 6.07 Å². The third kappa shape index (κ3) is 4.18. The lowest BCUT2D eigenvalue weighted by Gasteiger charge is -2.28. The lowest BCUT2D eigenvalue weighted by molar-refractivity contribution is -0.0399. The van der Waals surface area contributed by atoms with E-state index in [9.17, 15) is 22.4 Å². The van der Waals surface area contributed by atoms with Gasteiger partial charge in [0.15, 0.2) is 0 Å². The number of amides is 1. The number of nitrogens with one attached hydrogen (secondary N) is 1. The second-order valence-electron chi connectivity index (χ2n) is 7.69. The van der Waals surface area contributed by atoms with Crippen LogP contribution < -0.4 is 5.32 Å². The highest BCUT2D eigenvalue weighted by molar-refractivity contribution is 5.95. The molecule has 4 rings (SSSR count). The van der Waals surface area contributed by atoms with E-state index in [0.717, 1.165) is 24.6 Å². The Balaban J connectivity index is 1.59. The summed E-state index contributed by atoms with van der Waals surface area (Å²) in [7, 11) is 0. The molecule has 2 aromatic rings. The van der Waals surface area contributed by atoms with E-state index in [0.29, 0.717) is 11.1 Å². The molecule has 1 aromatic carbocycles. The van der Waals surface area contributed by atoms with Gasteiger partial charge in [-0.25, -0.2) is 17.6 Å². The number of rotatable bonds is 4. The van der Waals surface area contributed by atoms with Crippen molar-refractivity contribution in [1.82, 2.24) is 10.3 Å². The van der Waals surface area contributed by atoms with Gasteiger partial charge in [0.2, 0.25) is 5.92 Å². The number of hydrogen-bond acceptors (Lipinski definition) is 2. The first-order valence-electron chi connectivity index (χ1n) is 9.46. The van der Waals surface area contributed by atoms with Gasteiger partial charge in [0.1, 0.15) is 11.6 Å². The minimum absolute atomic E-state index is 0.217. The molecular formula is C21H20F4N2O. The lowest BCUT2D eigenvalue weighted by Crippen LogP contribution is -2.40. The Labute approximate surface area is 160 Å². The predicted molar refractivity (Wildman–Crippen MR) is 96.2 cm³/mol. The van der Waals surface area contributed by atoms with Crippen molar-refractivity contribution in [3.63, 3.8) is 0 Å². The molecule has 2 fully saturated rings. The summed E-state index contributed by atoms with van der Waals surface area (Å²) in [5.41, 5.74) is 1.84. The number of halogens is 4. The van der Waals surface area contributed by atoms with E-state index < -0.39 is 23.5 Å². The van der Waals surface area contributed by atoms with Gasteiger partial charge in [0.25, 0.3) is 5.91 Å². The molecular weight excluding hydrogens is 372 g/mol. The van der Waals surface area contributed by atoms with Crippen molar-refractivity contribution in [3.8, 4) is 11.1 Å². The molecule has 2 aliphatic rings. The Hall–Kier alpha value is -2.44. The number of alkyl halides is 2. The molecule has 0 aliphatic heterocycles. The summed E-state index contributed by atoms with van der Waals surface area (Å²) < 4.78 is 54.0. The molecule has 1 amide bonds. The average molecular weight is 392 g/mol. The van der Waals surface area contributed by atoms with Crippen LogP contribution in [0.25, 0.3) is 11.1 Å². The predicted octanol–water partition coefficient (Wildman–Crippen LogP) is 5.21. The molecule has 2 saturated carbocycles. The highest BCUT2D eigenvalue weighted by Gasteiger charge is 2.35. The zero-order valence-electron chi connectivity index (χ0n) is 15.2. The fraction of sp³-hybridized carbons (Fsp3) is 0.429. The highest BCUT2D eigenvalue weighted by Crippen LogP contribution is 2.43. The van der Waals surface area contributed by atoms with Crippen molar-refractivity contribution in [3.05, 3.63) is 53.4 Å². The molecule has 0 radical (unpaired) electrons. The van der Waals surface area contributed by atoms with E-state index >= 15 is 0 Å². The molecule has 28 heavy (non-hydrogen) atoms. The maximum Gasteiger partial charge on any atom is 0.253 e.